The van der Waals surface area contributed by atoms with Crippen LogP contribution < -0.4 is 11.2 Å². The molecule has 0 aliphatic heterocycles. The SMILES string of the molecule is CCCCc1nc2c(N)nc3ccccc3c2n1CCONC(=O)OC(C)(C)C. The van der Waals surface area contributed by atoms with Gasteiger partial charge in [0.1, 0.15) is 16.9 Å². The predicted molar refractivity (Wildman–Crippen MR) is 113 cm³/mol. The van der Waals surface area contributed by atoms with Crippen LogP contribution in [0, 0.1) is 0 Å². The van der Waals surface area contributed by atoms with Crippen LogP contribution >= 0.6 is 0 Å². The van der Waals surface area contributed by atoms with E-state index in [2.05, 4.69) is 22.0 Å². The van der Waals surface area contributed by atoms with Crippen molar-refractivity contribution in [3.63, 3.8) is 0 Å². The minimum absolute atomic E-state index is 0.264. The third-order valence-electron chi connectivity index (χ3n) is 4.41. The molecule has 3 N–H and O–H groups in total. The van der Waals surface area contributed by atoms with Crippen molar-refractivity contribution in [3.8, 4) is 0 Å². The molecule has 8 heteroatoms. The van der Waals surface area contributed by atoms with Crippen LogP contribution in [0.25, 0.3) is 21.9 Å². The first-order valence-corrected chi connectivity index (χ1v) is 9.94. The topological polar surface area (TPSA) is 104 Å². The predicted octanol–water partition coefficient (Wildman–Crippen LogP) is 3.97. The summed E-state index contributed by atoms with van der Waals surface area (Å²) >= 11 is 0. The smallest absolute Gasteiger partial charge is 0.431 e. The summed E-state index contributed by atoms with van der Waals surface area (Å²) in [5.74, 6) is 1.36. The number of hydrogen-bond donors (Lipinski definition) is 2. The molecule has 8 nitrogen and oxygen atoms in total. The number of anilines is 1. The molecule has 0 unspecified atom stereocenters. The highest BCUT2D eigenvalue weighted by Gasteiger charge is 2.18. The highest BCUT2D eigenvalue weighted by Crippen LogP contribution is 2.29. The Bertz CT molecular complexity index is 1010. The maximum Gasteiger partial charge on any atom is 0.431 e. The number of carbonyl (C=O) groups is 1. The van der Waals surface area contributed by atoms with Crippen molar-refractivity contribution >= 4 is 33.8 Å². The molecule has 0 radical (unpaired) electrons. The Labute approximate surface area is 170 Å². The normalized spacial score (nSPS) is 11.9. The van der Waals surface area contributed by atoms with Gasteiger partial charge in [0.2, 0.25) is 0 Å². The van der Waals surface area contributed by atoms with E-state index in [0.717, 1.165) is 41.5 Å². The molecule has 3 aromatic rings. The van der Waals surface area contributed by atoms with E-state index in [1.165, 1.54) is 0 Å². The van der Waals surface area contributed by atoms with Gasteiger partial charge in [-0.3, -0.25) is 4.84 Å². The van der Waals surface area contributed by atoms with Crippen LogP contribution in [0.2, 0.25) is 0 Å². The van der Waals surface area contributed by atoms with Gasteiger partial charge in [-0.1, -0.05) is 31.5 Å². The maximum absolute atomic E-state index is 11.8. The Kier molecular flexibility index (Phi) is 6.22. The first-order chi connectivity index (χ1) is 13.8. The summed E-state index contributed by atoms with van der Waals surface area (Å²) < 4.78 is 7.29. The quantitative estimate of drug-likeness (QED) is 0.460. The lowest BCUT2D eigenvalue weighted by Gasteiger charge is -2.19. The zero-order valence-electron chi connectivity index (χ0n) is 17.5. The molecule has 29 heavy (non-hydrogen) atoms. The molecular formula is C21H29N5O3. The van der Waals surface area contributed by atoms with Gasteiger partial charge in [-0.15, -0.1) is 0 Å². The molecule has 0 aliphatic rings. The van der Waals surface area contributed by atoms with Gasteiger partial charge in [-0.25, -0.2) is 14.8 Å². The standard InChI is InChI=1S/C21H29N5O3/c1-5-6-11-16-24-17-18(14-9-7-8-10-15(14)23-19(17)22)26(16)12-13-28-25-20(27)29-21(2,3)4/h7-10H,5-6,11-13H2,1-4H3,(H2,22,23)(H,25,27). The van der Waals surface area contributed by atoms with Gasteiger partial charge in [0.25, 0.3) is 0 Å². The van der Waals surface area contributed by atoms with Gasteiger partial charge < -0.3 is 15.0 Å². The van der Waals surface area contributed by atoms with Crippen LogP contribution in [0.1, 0.15) is 46.4 Å². The van der Waals surface area contributed by atoms with Crippen molar-refractivity contribution in [1.29, 1.82) is 0 Å². The van der Waals surface area contributed by atoms with E-state index in [1.54, 1.807) is 20.8 Å². The van der Waals surface area contributed by atoms with Crippen LogP contribution in [0.4, 0.5) is 10.6 Å². The number of amides is 1. The number of imidazole rings is 1. The molecule has 0 spiro atoms. The van der Waals surface area contributed by atoms with Crippen molar-refractivity contribution in [2.75, 3.05) is 12.3 Å². The number of benzene rings is 1. The molecule has 1 aromatic carbocycles. The average molecular weight is 399 g/mol. The third kappa shape index (κ3) is 4.95. The van der Waals surface area contributed by atoms with Gasteiger partial charge in [-0.05, 0) is 33.3 Å². The minimum atomic E-state index is -0.613. The van der Waals surface area contributed by atoms with Crippen molar-refractivity contribution in [1.82, 2.24) is 20.0 Å². The van der Waals surface area contributed by atoms with Crippen LogP contribution in [-0.4, -0.2) is 32.8 Å². The van der Waals surface area contributed by atoms with Gasteiger partial charge in [0, 0.05) is 11.8 Å². The van der Waals surface area contributed by atoms with E-state index in [4.69, 9.17) is 20.3 Å². The number of rotatable bonds is 7. The Balaban J connectivity index is 1.85. The molecule has 1 amide bonds. The number of hydroxylamine groups is 1. The zero-order valence-corrected chi connectivity index (χ0v) is 17.5. The number of nitrogens with two attached hydrogens (primary N) is 1. The number of para-hydroxylation sites is 1. The lowest BCUT2D eigenvalue weighted by atomic mass is 10.2. The molecule has 0 aliphatic carbocycles. The third-order valence-corrected chi connectivity index (χ3v) is 4.41. The number of nitrogens with zero attached hydrogens (tertiary/aromatic N) is 3. The Morgan fingerprint density at radius 3 is 2.72 bits per heavy atom. The summed E-state index contributed by atoms with van der Waals surface area (Å²) in [6.45, 7) is 8.32. The van der Waals surface area contributed by atoms with Crippen molar-refractivity contribution in [2.24, 2.45) is 0 Å². The molecule has 2 aromatic heterocycles. The van der Waals surface area contributed by atoms with Gasteiger partial charge in [-0.2, -0.15) is 5.48 Å². The molecular weight excluding hydrogens is 370 g/mol. The molecule has 0 saturated heterocycles. The molecule has 0 saturated carbocycles. The number of aromatic nitrogens is 3. The lowest BCUT2D eigenvalue weighted by molar-refractivity contribution is -0.00954. The molecule has 156 valence electrons. The summed E-state index contributed by atoms with van der Waals surface area (Å²) in [4.78, 5) is 26.4. The highest BCUT2D eigenvalue weighted by atomic mass is 16.7. The van der Waals surface area contributed by atoms with E-state index in [1.807, 2.05) is 24.3 Å². The van der Waals surface area contributed by atoms with Crippen LogP contribution in [-0.2, 0) is 22.5 Å². The zero-order chi connectivity index (χ0) is 21.0. The summed E-state index contributed by atoms with van der Waals surface area (Å²) in [5, 5.41) is 0.993. The van der Waals surface area contributed by atoms with E-state index in [0.29, 0.717) is 17.9 Å². The van der Waals surface area contributed by atoms with E-state index in [9.17, 15) is 4.79 Å². The summed E-state index contributed by atoms with van der Waals surface area (Å²) in [7, 11) is 0. The molecule has 0 bridgehead atoms. The molecule has 2 heterocycles. The first kappa shape index (κ1) is 20.9. The fourth-order valence-corrected chi connectivity index (χ4v) is 3.22. The van der Waals surface area contributed by atoms with Crippen molar-refractivity contribution < 1.29 is 14.4 Å². The number of nitrogens with one attached hydrogen (secondary N) is 1. The molecule has 3 rings (SSSR count). The number of fused-ring (bicyclic) bond motifs is 3. The number of carbonyl (C=O) groups excluding carboxylic acids is 1. The highest BCUT2D eigenvalue weighted by molar-refractivity contribution is 6.06. The first-order valence-electron chi connectivity index (χ1n) is 9.94. The van der Waals surface area contributed by atoms with Crippen LogP contribution in [0.15, 0.2) is 24.3 Å². The van der Waals surface area contributed by atoms with Gasteiger partial charge in [0.15, 0.2) is 5.82 Å². The summed E-state index contributed by atoms with van der Waals surface area (Å²) in [6, 6.07) is 7.87. The Hall–Kier alpha value is -2.87. The van der Waals surface area contributed by atoms with E-state index < -0.39 is 11.7 Å². The Morgan fingerprint density at radius 2 is 2.00 bits per heavy atom. The van der Waals surface area contributed by atoms with Crippen LogP contribution in [0.3, 0.4) is 0 Å². The van der Waals surface area contributed by atoms with Crippen molar-refractivity contribution in [2.45, 2.75) is 59.1 Å². The van der Waals surface area contributed by atoms with E-state index >= 15 is 0 Å². The molecule has 0 fully saturated rings. The second-order valence-electron chi connectivity index (χ2n) is 7.95. The maximum atomic E-state index is 11.8. The fraction of sp³-hybridized carbons (Fsp3) is 0.476. The summed E-state index contributed by atoms with van der Waals surface area (Å²) in [5.41, 5.74) is 10.4. The largest absolute Gasteiger partial charge is 0.442 e. The second-order valence-corrected chi connectivity index (χ2v) is 7.95. The number of unbranched alkanes of at least 4 members (excludes halogenated alkanes) is 1. The minimum Gasteiger partial charge on any atom is -0.442 e. The average Bonchev–Trinajstić information content (AvgIpc) is 3.01. The molecule has 0 atom stereocenters. The Morgan fingerprint density at radius 1 is 1.24 bits per heavy atom. The number of pyridine rings is 1. The number of hydrogen-bond acceptors (Lipinski definition) is 6. The monoisotopic (exact) mass is 399 g/mol. The number of nitrogen functional groups attached to an aromatic ring is 1. The van der Waals surface area contributed by atoms with Crippen molar-refractivity contribution in [3.05, 3.63) is 30.1 Å². The number of ether oxygens (including phenoxy) is 1. The van der Waals surface area contributed by atoms with E-state index in [-0.39, 0.29) is 6.61 Å². The van der Waals surface area contributed by atoms with Crippen LogP contribution in [0.5, 0.6) is 0 Å². The summed E-state index contributed by atoms with van der Waals surface area (Å²) in [6.07, 6.45) is 2.30. The number of aryl methyl sites for hydroxylation is 1. The second kappa shape index (κ2) is 8.65. The lowest BCUT2D eigenvalue weighted by Crippen LogP contribution is -2.33. The fourth-order valence-electron chi connectivity index (χ4n) is 3.22. The van der Waals surface area contributed by atoms with Gasteiger partial charge >= 0.3 is 6.09 Å². The van der Waals surface area contributed by atoms with Gasteiger partial charge in [0.05, 0.1) is 24.2 Å².